The van der Waals surface area contributed by atoms with Gasteiger partial charge in [0.2, 0.25) is 0 Å². The molecule has 0 rings (SSSR count). The van der Waals surface area contributed by atoms with Gasteiger partial charge in [0.25, 0.3) is 0 Å². The van der Waals surface area contributed by atoms with Gasteiger partial charge < -0.3 is 30.1 Å². The van der Waals surface area contributed by atoms with Gasteiger partial charge in [0.1, 0.15) is 0 Å². The minimum Gasteiger partial charge on any atom is -0.900 e. The topological polar surface area (TPSA) is 138 Å². The van der Waals surface area contributed by atoms with Crippen molar-refractivity contribution in [2.45, 2.75) is 0 Å². The van der Waals surface area contributed by atoms with E-state index in [1.54, 1.807) is 0 Å². The Morgan fingerprint density at radius 2 is 0.455 bits per heavy atom. The van der Waals surface area contributed by atoms with Crippen LogP contribution >= 0.6 is 0 Å². The zero-order valence-corrected chi connectivity index (χ0v) is 8.36. The summed E-state index contributed by atoms with van der Waals surface area (Å²) in [7, 11) is -1.50. The molecule has 6 nitrogen and oxygen atoms in total. The Morgan fingerprint density at radius 1 is 0.455 bits per heavy atom. The molecule has 0 aliphatic heterocycles. The molecule has 0 aromatic heterocycles. The first-order valence-electron chi connectivity index (χ1n) is 1.41. The SMILES string of the molecule is [O-][B][O-].[O-][B][O-].[O-][B][O-].[Ru+3].[Ru+3]. The zero-order valence-electron chi connectivity index (χ0n) is 4.89. The summed E-state index contributed by atoms with van der Waals surface area (Å²) in [5.74, 6) is 0. The van der Waals surface area contributed by atoms with Gasteiger partial charge in [-0.15, -0.1) is 0 Å². The molecule has 0 aliphatic carbocycles. The first kappa shape index (κ1) is 29.5. The van der Waals surface area contributed by atoms with Crippen LogP contribution in [0.2, 0.25) is 0 Å². The Balaban J connectivity index is -0.0000000150. The van der Waals surface area contributed by atoms with Crippen LogP contribution in [0.5, 0.6) is 0 Å². The average Bonchev–Trinajstić information content (AvgIpc) is 1.70. The van der Waals surface area contributed by atoms with E-state index in [1.807, 2.05) is 0 Å². The number of hydrogen-bond acceptors (Lipinski definition) is 6. The Kier molecular flexibility index (Phi) is 177. The predicted octanol–water partition coefficient (Wildman–Crippen LogP) is -8.28. The van der Waals surface area contributed by atoms with Crippen LogP contribution < -0.4 is 30.1 Å². The molecule has 0 amide bonds. The van der Waals surface area contributed by atoms with Crippen molar-refractivity contribution in [1.29, 1.82) is 0 Å². The summed E-state index contributed by atoms with van der Waals surface area (Å²) in [6.07, 6.45) is 0. The van der Waals surface area contributed by atoms with Gasteiger partial charge >= 0.3 is 39.0 Å². The molecule has 61 valence electrons. The summed E-state index contributed by atoms with van der Waals surface area (Å²) >= 11 is 0. The van der Waals surface area contributed by atoms with Crippen LogP contribution in [-0.2, 0) is 39.0 Å². The van der Waals surface area contributed by atoms with E-state index in [0.29, 0.717) is 0 Å². The maximum Gasteiger partial charge on any atom is 3.00 e. The number of hydrogen-bond donors (Lipinski definition) is 0. The maximum atomic E-state index is 8.25. The van der Waals surface area contributed by atoms with Gasteiger partial charge in [-0.1, -0.05) is 0 Å². The second-order valence-corrected chi connectivity index (χ2v) is 0.289. The van der Waals surface area contributed by atoms with Crippen LogP contribution in [0.4, 0.5) is 0 Å². The smallest absolute Gasteiger partial charge is 0.900 e. The van der Waals surface area contributed by atoms with Gasteiger partial charge in [0.05, 0.1) is 0 Å². The van der Waals surface area contributed by atoms with E-state index in [4.69, 9.17) is 30.1 Å². The zero-order chi connectivity index (χ0) is 8.12. The van der Waals surface area contributed by atoms with Crippen LogP contribution in [0.25, 0.3) is 0 Å². The molecular weight excluding hydrogens is 331 g/mol. The third-order valence-corrected chi connectivity index (χ3v) is 0. The molecule has 0 aromatic rings. The monoisotopic (exact) mass is 333 g/mol. The third kappa shape index (κ3) is 657. The normalized spacial score (nSPS) is 3.82. The molecule has 0 aliphatic rings. The summed E-state index contributed by atoms with van der Waals surface area (Å²) in [5.41, 5.74) is 0. The van der Waals surface area contributed by atoms with Crippen molar-refractivity contribution in [3.63, 3.8) is 0 Å². The molecule has 11 heavy (non-hydrogen) atoms. The molecule has 0 unspecified atom stereocenters. The Morgan fingerprint density at radius 3 is 0.455 bits per heavy atom. The van der Waals surface area contributed by atoms with Crippen molar-refractivity contribution in [2.24, 2.45) is 0 Å². The second-order valence-electron chi connectivity index (χ2n) is 0.289. The maximum absolute atomic E-state index is 8.25. The van der Waals surface area contributed by atoms with E-state index < -0.39 is 23.1 Å². The first-order valence-corrected chi connectivity index (χ1v) is 1.41. The summed E-state index contributed by atoms with van der Waals surface area (Å²) in [6, 6.07) is 0. The molecule has 0 heterocycles. The molecule has 11 heteroatoms. The van der Waals surface area contributed by atoms with Gasteiger partial charge in [0, 0.05) is 0 Å². The molecule has 0 atom stereocenters. The van der Waals surface area contributed by atoms with Crippen LogP contribution in [0, 0.1) is 0 Å². The quantitative estimate of drug-likeness (QED) is 0.404. The van der Waals surface area contributed by atoms with Gasteiger partial charge in [-0.3, -0.25) is 0 Å². The van der Waals surface area contributed by atoms with Gasteiger partial charge in [-0.25, -0.2) is 23.1 Å². The largest absolute Gasteiger partial charge is 3.00 e. The van der Waals surface area contributed by atoms with Crippen LogP contribution in [-0.4, -0.2) is 23.1 Å². The molecule has 0 N–H and O–H groups in total. The van der Waals surface area contributed by atoms with Gasteiger partial charge in [-0.2, -0.15) is 0 Å². The first-order chi connectivity index (χ1) is 4.24. The Bertz CT molecular complexity index is 20.5. The fourth-order valence-corrected chi connectivity index (χ4v) is 0. The van der Waals surface area contributed by atoms with Gasteiger partial charge in [0.15, 0.2) is 0 Å². The van der Waals surface area contributed by atoms with Crippen molar-refractivity contribution >= 4 is 23.1 Å². The van der Waals surface area contributed by atoms with Crippen LogP contribution in [0.15, 0.2) is 0 Å². The molecule has 5 radical (unpaired) electrons. The van der Waals surface area contributed by atoms with Crippen molar-refractivity contribution in [1.82, 2.24) is 0 Å². The summed E-state index contributed by atoms with van der Waals surface area (Å²) in [4.78, 5) is 0. The fraction of sp³-hybridized carbons (Fsp3) is 0. The second kappa shape index (κ2) is 66.0. The van der Waals surface area contributed by atoms with Crippen molar-refractivity contribution in [3.8, 4) is 0 Å². The van der Waals surface area contributed by atoms with Crippen molar-refractivity contribution in [2.75, 3.05) is 0 Å². The van der Waals surface area contributed by atoms with Crippen LogP contribution in [0.3, 0.4) is 0 Å². The minimum atomic E-state index is -0.500. The van der Waals surface area contributed by atoms with E-state index >= 15 is 0 Å². The van der Waals surface area contributed by atoms with E-state index in [9.17, 15) is 0 Å². The van der Waals surface area contributed by atoms with E-state index in [0.717, 1.165) is 0 Å². The molecule has 0 aromatic carbocycles. The van der Waals surface area contributed by atoms with Crippen molar-refractivity contribution < 1.29 is 69.1 Å². The molecular formula is B3O6Ru2. The standard InChI is InChI=1S/3BO2.2Ru/c3*2-1-3;;/q3*-2;2*+3. The van der Waals surface area contributed by atoms with Crippen molar-refractivity contribution in [3.05, 3.63) is 0 Å². The molecule has 0 spiro atoms. The molecule has 0 fully saturated rings. The van der Waals surface area contributed by atoms with E-state index in [1.165, 1.54) is 0 Å². The average molecular weight is 331 g/mol. The summed E-state index contributed by atoms with van der Waals surface area (Å²) in [6.45, 7) is 0. The molecule has 0 saturated heterocycles. The van der Waals surface area contributed by atoms with E-state index in [2.05, 4.69) is 0 Å². The Labute approximate surface area is 92.1 Å². The summed E-state index contributed by atoms with van der Waals surface area (Å²) in [5, 5.41) is 49.5. The Hall–Kier alpha value is 1.20. The molecule has 0 saturated carbocycles. The molecule has 0 bridgehead atoms. The third-order valence-electron chi connectivity index (χ3n) is 0. The fourth-order valence-electron chi connectivity index (χ4n) is 0. The predicted molar refractivity (Wildman–Crippen MR) is 17.3 cm³/mol. The minimum absolute atomic E-state index is 0. The number of rotatable bonds is 0. The van der Waals surface area contributed by atoms with Gasteiger partial charge in [-0.05, 0) is 0 Å². The van der Waals surface area contributed by atoms with Crippen LogP contribution in [0.1, 0.15) is 0 Å². The summed E-state index contributed by atoms with van der Waals surface area (Å²) < 4.78 is 0. The van der Waals surface area contributed by atoms with E-state index in [-0.39, 0.29) is 39.0 Å².